The Morgan fingerprint density at radius 1 is 1.03 bits per heavy atom. The van der Waals surface area contributed by atoms with E-state index < -0.39 is 0 Å². The van der Waals surface area contributed by atoms with E-state index in [0.717, 1.165) is 44.8 Å². The Morgan fingerprint density at radius 3 is 2.58 bits per heavy atom. The van der Waals surface area contributed by atoms with Crippen LogP contribution in [0.3, 0.4) is 0 Å². The van der Waals surface area contributed by atoms with Crippen LogP contribution in [0, 0.1) is 0 Å². The molecule has 1 fully saturated rings. The highest BCUT2D eigenvalue weighted by Crippen LogP contribution is 2.18. The minimum absolute atomic E-state index is 0.216. The number of rotatable bonds is 9. The van der Waals surface area contributed by atoms with Gasteiger partial charge in [-0.2, -0.15) is 0 Å². The number of para-hydroxylation sites is 2. The van der Waals surface area contributed by atoms with Gasteiger partial charge in [0.2, 0.25) is 0 Å². The van der Waals surface area contributed by atoms with Gasteiger partial charge in [-0.15, -0.1) is 0 Å². The SMILES string of the molecule is Nc1ccccc1NC(=O)c1ccc(CN(CCCN2CCOCC2)C(=O)Nc2cccnc2)cn1. The average molecular weight is 490 g/mol. The number of carbonyl (C=O) groups is 2. The maximum Gasteiger partial charge on any atom is 0.322 e. The average Bonchev–Trinajstić information content (AvgIpc) is 2.91. The molecule has 36 heavy (non-hydrogen) atoms. The minimum atomic E-state index is -0.351. The third-order valence-electron chi connectivity index (χ3n) is 5.85. The Kier molecular flexibility index (Phi) is 8.79. The molecule has 1 aromatic carbocycles. The molecule has 0 atom stereocenters. The van der Waals surface area contributed by atoms with E-state index in [4.69, 9.17) is 10.5 Å². The van der Waals surface area contributed by atoms with Crippen molar-refractivity contribution in [2.45, 2.75) is 13.0 Å². The van der Waals surface area contributed by atoms with E-state index >= 15 is 0 Å². The fourth-order valence-electron chi connectivity index (χ4n) is 3.87. The molecule has 0 saturated carbocycles. The molecule has 1 saturated heterocycles. The molecule has 0 spiro atoms. The number of hydrogen-bond acceptors (Lipinski definition) is 7. The largest absolute Gasteiger partial charge is 0.397 e. The number of nitrogen functional groups attached to an aromatic ring is 1. The number of urea groups is 1. The lowest BCUT2D eigenvalue weighted by atomic mass is 10.2. The minimum Gasteiger partial charge on any atom is -0.397 e. The summed E-state index contributed by atoms with van der Waals surface area (Å²) in [4.78, 5) is 38.1. The smallest absolute Gasteiger partial charge is 0.322 e. The Labute approximate surface area is 210 Å². The van der Waals surface area contributed by atoms with Gasteiger partial charge in [-0.25, -0.2) is 4.79 Å². The fraction of sp³-hybridized carbons (Fsp3) is 0.308. The lowest BCUT2D eigenvalue weighted by molar-refractivity contribution is 0.0365. The molecule has 10 heteroatoms. The summed E-state index contributed by atoms with van der Waals surface area (Å²) in [7, 11) is 0. The Hall–Kier alpha value is -4.02. The Morgan fingerprint density at radius 2 is 1.86 bits per heavy atom. The molecule has 1 aliphatic rings. The standard InChI is InChI=1S/C26H31N7O3/c27-22-6-1-2-7-23(22)31-25(34)24-9-8-20(17-29-24)19-33(12-4-11-32-13-15-36-16-14-32)26(35)30-21-5-3-10-28-18-21/h1-3,5-10,17-18H,4,11-16,19,27H2,(H,30,35)(H,31,34). The van der Waals surface area contributed by atoms with E-state index in [2.05, 4.69) is 25.5 Å². The number of hydrogen-bond donors (Lipinski definition) is 3. The summed E-state index contributed by atoms with van der Waals surface area (Å²) in [5, 5.41) is 5.68. The molecule has 0 radical (unpaired) electrons. The fourth-order valence-corrected chi connectivity index (χ4v) is 3.87. The maximum atomic E-state index is 13.1. The van der Waals surface area contributed by atoms with Gasteiger partial charge in [-0.1, -0.05) is 18.2 Å². The number of anilines is 3. The van der Waals surface area contributed by atoms with Crippen LogP contribution in [0.25, 0.3) is 0 Å². The summed E-state index contributed by atoms with van der Waals surface area (Å²) in [6.07, 6.45) is 5.71. The van der Waals surface area contributed by atoms with Gasteiger partial charge in [0.25, 0.3) is 5.91 Å². The second kappa shape index (κ2) is 12.6. The summed E-state index contributed by atoms with van der Waals surface area (Å²) < 4.78 is 5.41. The van der Waals surface area contributed by atoms with E-state index in [1.165, 1.54) is 0 Å². The second-order valence-corrected chi connectivity index (χ2v) is 8.49. The molecule has 3 amide bonds. The number of nitrogens with one attached hydrogen (secondary N) is 2. The molecule has 3 heterocycles. The van der Waals surface area contributed by atoms with Crippen molar-refractivity contribution in [2.24, 2.45) is 0 Å². The number of ether oxygens (including phenoxy) is 1. The molecule has 2 aromatic heterocycles. The number of morpholine rings is 1. The normalized spacial score (nSPS) is 13.7. The monoisotopic (exact) mass is 489 g/mol. The summed E-state index contributed by atoms with van der Waals surface area (Å²) in [5.41, 5.74) is 8.63. The number of nitrogens with zero attached hydrogens (tertiary/aromatic N) is 4. The third-order valence-corrected chi connectivity index (χ3v) is 5.85. The van der Waals surface area contributed by atoms with Crippen molar-refractivity contribution in [1.82, 2.24) is 19.8 Å². The van der Waals surface area contributed by atoms with Crippen LogP contribution in [-0.4, -0.2) is 71.1 Å². The summed E-state index contributed by atoms with van der Waals surface area (Å²) in [6.45, 7) is 5.12. The van der Waals surface area contributed by atoms with Crippen LogP contribution in [-0.2, 0) is 11.3 Å². The van der Waals surface area contributed by atoms with Crippen LogP contribution in [0.2, 0.25) is 0 Å². The number of aromatic nitrogens is 2. The first-order valence-electron chi connectivity index (χ1n) is 12.0. The van der Waals surface area contributed by atoms with E-state index in [1.54, 1.807) is 66.0 Å². The zero-order chi connectivity index (χ0) is 25.2. The molecular weight excluding hydrogens is 458 g/mol. The molecule has 10 nitrogen and oxygen atoms in total. The van der Waals surface area contributed by atoms with E-state index in [0.29, 0.717) is 30.2 Å². The van der Waals surface area contributed by atoms with Crippen molar-refractivity contribution in [3.05, 3.63) is 78.4 Å². The molecule has 0 aliphatic carbocycles. The van der Waals surface area contributed by atoms with Gasteiger partial charge in [-0.3, -0.25) is 19.7 Å². The zero-order valence-corrected chi connectivity index (χ0v) is 20.1. The molecule has 0 bridgehead atoms. The van der Waals surface area contributed by atoms with Crippen molar-refractivity contribution >= 4 is 29.0 Å². The van der Waals surface area contributed by atoms with Crippen LogP contribution in [0.15, 0.2) is 67.1 Å². The number of nitrogens with two attached hydrogens (primary N) is 1. The van der Waals surface area contributed by atoms with E-state index in [9.17, 15) is 9.59 Å². The molecule has 188 valence electrons. The third kappa shape index (κ3) is 7.24. The highest BCUT2D eigenvalue weighted by atomic mass is 16.5. The van der Waals surface area contributed by atoms with Gasteiger partial charge in [-0.05, 0) is 42.3 Å². The highest BCUT2D eigenvalue weighted by Gasteiger charge is 2.17. The second-order valence-electron chi connectivity index (χ2n) is 8.49. The van der Waals surface area contributed by atoms with Crippen LogP contribution >= 0.6 is 0 Å². The first-order valence-corrected chi connectivity index (χ1v) is 12.0. The molecular formula is C26H31N7O3. The van der Waals surface area contributed by atoms with Crippen molar-refractivity contribution < 1.29 is 14.3 Å². The molecule has 1 aliphatic heterocycles. The summed E-state index contributed by atoms with van der Waals surface area (Å²) >= 11 is 0. The van der Waals surface area contributed by atoms with Crippen molar-refractivity contribution in [3.8, 4) is 0 Å². The van der Waals surface area contributed by atoms with Crippen molar-refractivity contribution in [2.75, 3.05) is 55.8 Å². The highest BCUT2D eigenvalue weighted by molar-refractivity contribution is 6.04. The van der Waals surface area contributed by atoms with Gasteiger partial charge in [0.05, 0.1) is 36.5 Å². The summed E-state index contributed by atoms with van der Waals surface area (Å²) in [6, 6.07) is 13.9. The quantitative estimate of drug-likeness (QED) is 0.394. The van der Waals surface area contributed by atoms with Crippen LogP contribution in [0.4, 0.5) is 21.9 Å². The molecule has 0 unspecified atom stereocenters. The van der Waals surface area contributed by atoms with Crippen LogP contribution < -0.4 is 16.4 Å². The molecule has 4 N–H and O–H groups in total. The van der Waals surface area contributed by atoms with Crippen molar-refractivity contribution in [1.29, 1.82) is 0 Å². The Balaban J connectivity index is 1.39. The maximum absolute atomic E-state index is 13.1. The number of amides is 3. The van der Waals surface area contributed by atoms with Gasteiger partial charge < -0.3 is 26.0 Å². The predicted molar refractivity (Wildman–Crippen MR) is 139 cm³/mol. The number of benzene rings is 1. The van der Waals surface area contributed by atoms with E-state index in [-0.39, 0.29) is 17.6 Å². The number of carbonyl (C=O) groups excluding carboxylic acids is 2. The van der Waals surface area contributed by atoms with E-state index in [1.807, 2.05) is 6.07 Å². The lowest BCUT2D eigenvalue weighted by Crippen LogP contribution is -2.40. The van der Waals surface area contributed by atoms with Crippen LogP contribution in [0.1, 0.15) is 22.5 Å². The van der Waals surface area contributed by atoms with Gasteiger partial charge in [0.1, 0.15) is 5.69 Å². The zero-order valence-electron chi connectivity index (χ0n) is 20.1. The van der Waals surface area contributed by atoms with Crippen molar-refractivity contribution in [3.63, 3.8) is 0 Å². The van der Waals surface area contributed by atoms with Gasteiger partial charge in [0, 0.05) is 45.1 Å². The Bertz CT molecular complexity index is 1140. The van der Waals surface area contributed by atoms with Gasteiger partial charge in [0.15, 0.2) is 0 Å². The molecule has 4 rings (SSSR count). The molecule has 3 aromatic rings. The van der Waals surface area contributed by atoms with Crippen LogP contribution in [0.5, 0.6) is 0 Å². The van der Waals surface area contributed by atoms with Gasteiger partial charge >= 0.3 is 6.03 Å². The summed E-state index contributed by atoms with van der Waals surface area (Å²) in [5.74, 6) is -0.351. The lowest BCUT2D eigenvalue weighted by Gasteiger charge is -2.28. The first kappa shape index (κ1) is 25.1. The first-order chi connectivity index (χ1) is 17.6. The number of pyridine rings is 2. The topological polar surface area (TPSA) is 126 Å². The predicted octanol–water partition coefficient (Wildman–Crippen LogP) is 3.07.